The lowest BCUT2D eigenvalue weighted by atomic mass is 9.95. The maximum atomic E-state index is 10.4. The quantitative estimate of drug-likeness (QED) is 0.780. The number of nitrogens with zero attached hydrogens (tertiary/aromatic N) is 5. The van der Waals surface area contributed by atoms with Gasteiger partial charge in [-0.25, -0.2) is 0 Å². The van der Waals surface area contributed by atoms with Crippen LogP contribution in [0.5, 0.6) is 0 Å². The molecule has 0 aromatic carbocycles. The lowest BCUT2D eigenvalue weighted by Gasteiger charge is -2.41. The van der Waals surface area contributed by atoms with E-state index < -0.39 is 5.60 Å². The predicted octanol–water partition coefficient (Wildman–Crippen LogP) is 0.569. The Morgan fingerprint density at radius 1 is 1.27 bits per heavy atom. The van der Waals surface area contributed by atoms with E-state index in [-0.39, 0.29) is 0 Å². The summed E-state index contributed by atoms with van der Waals surface area (Å²) in [6.07, 6.45) is 4.15. The van der Waals surface area contributed by atoms with Crippen LogP contribution in [0.1, 0.15) is 37.4 Å². The van der Waals surface area contributed by atoms with E-state index in [1.54, 1.807) is 0 Å². The molecule has 1 saturated carbocycles. The minimum atomic E-state index is -0.693. The molecule has 5 rings (SSSR count). The molecular weight excluding hydrogens is 332 g/mol. The van der Waals surface area contributed by atoms with Crippen molar-refractivity contribution < 1.29 is 9.84 Å². The van der Waals surface area contributed by atoms with Crippen molar-refractivity contribution in [2.75, 3.05) is 44.3 Å². The first-order chi connectivity index (χ1) is 12.7. The number of rotatable bonds is 6. The first kappa shape index (κ1) is 16.4. The highest BCUT2D eigenvalue weighted by Crippen LogP contribution is 2.38. The van der Waals surface area contributed by atoms with Crippen LogP contribution in [0.25, 0.3) is 5.65 Å². The third-order valence-electron chi connectivity index (χ3n) is 5.69. The van der Waals surface area contributed by atoms with E-state index in [1.165, 1.54) is 12.8 Å². The van der Waals surface area contributed by atoms with E-state index >= 15 is 0 Å². The van der Waals surface area contributed by atoms with Crippen molar-refractivity contribution in [1.29, 1.82) is 0 Å². The molecular formula is C18H26N6O2. The highest BCUT2D eigenvalue weighted by Gasteiger charge is 2.33. The van der Waals surface area contributed by atoms with E-state index in [9.17, 15) is 5.11 Å². The molecule has 8 nitrogen and oxygen atoms in total. The van der Waals surface area contributed by atoms with Crippen molar-refractivity contribution in [3.63, 3.8) is 0 Å². The number of hydrogen-bond acceptors (Lipinski definition) is 7. The van der Waals surface area contributed by atoms with Crippen LogP contribution in [-0.2, 0) is 4.74 Å². The Bertz CT molecular complexity index is 777. The van der Waals surface area contributed by atoms with Crippen molar-refractivity contribution in [1.82, 2.24) is 25.1 Å². The molecule has 2 aliphatic heterocycles. The Morgan fingerprint density at radius 2 is 2.15 bits per heavy atom. The zero-order valence-corrected chi connectivity index (χ0v) is 15.0. The molecule has 0 radical (unpaired) electrons. The monoisotopic (exact) mass is 358 g/mol. The molecule has 3 aliphatic rings. The van der Waals surface area contributed by atoms with Crippen molar-refractivity contribution >= 4 is 11.5 Å². The minimum absolute atomic E-state index is 0.447. The smallest absolute Gasteiger partial charge is 0.178 e. The Labute approximate surface area is 152 Å². The Morgan fingerprint density at radius 3 is 2.92 bits per heavy atom. The molecule has 2 aromatic rings. The van der Waals surface area contributed by atoms with Crippen molar-refractivity contribution in [3.8, 4) is 0 Å². The predicted molar refractivity (Wildman–Crippen MR) is 96.3 cm³/mol. The van der Waals surface area contributed by atoms with Gasteiger partial charge >= 0.3 is 0 Å². The SMILES string of the molecule is OC1(CNCC2CN(c3ccc4nnc(C5CC5)n4n3)C2)CCCOC1. The molecule has 2 N–H and O–H groups in total. The van der Waals surface area contributed by atoms with Gasteiger partial charge < -0.3 is 20.1 Å². The zero-order valence-electron chi connectivity index (χ0n) is 15.0. The van der Waals surface area contributed by atoms with Gasteiger partial charge in [-0.15, -0.1) is 15.3 Å². The molecule has 140 valence electrons. The molecule has 1 unspecified atom stereocenters. The van der Waals surface area contributed by atoms with Gasteiger partial charge in [0.2, 0.25) is 0 Å². The minimum Gasteiger partial charge on any atom is -0.386 e. The molecule has 3 fully saturated rings. The molecule has 0 spiro atoms. The summed E-state index contributed by atoms with van der Waals surface area (Å²) in [6.45, 7) is 4.72. The molecule has 8 heteroatoms. The number of hydrogen-bond donors (Lipinski definition) is 2. The van der Waals surface area contributed by atoms with Crippen LogP contribution in [0.15, 0.2) is 12.1 Å². The topological polar surface area (TPSA) is 87.8 Å². The lowest BCUT2D eigenvalue weighted by Crippen LogP contribution is -2.54. The van der Waals surface area contributed by atoms with Gasteiger partial charge in [-0.2, -0.15) is 4.52 Å². The van der Waals surface area contributed by atoms with Crippen molar-refractivity contribution in [2.24, 2.45) is 5.92 Å². The number of ether oxygens (including phenoxy) is 1. The third kappa shape index (κ3) is 3.17. The van der Waals surface area contributed by atoms with E-state index in [4.69, 9.17) is 9.84 Å². The first-order valence-corrected chi connectivity index (χ1v) is 9.68. The van der Waals surface area contributed by atoms with Crippen LogP contribution in [-0.4, -0.2) is 69.9 Å². The van der Waals surface area contributed by atoms with E-state index in [0.29, 0.717) is 25.0 Å². The van der Waals surface area contributed by atoms with Gasteiger partial charge in [0.05, 0.1) is 6.61 Å². The van der Waals surface area contributed by atoms with E-state index in [0.717, 1.165) is 56.4 Å². The summed E-state index contributed by atoms with van der Waals surface area (Å²) in [6, 6.07) is 4.04. The van der Waals surface area contributed by atoms with Crippen LogP contribution in [0.4, 0.5) is 5.82 Å². The Kier molecular flexibility index (Phi) is 4.06. The average molecular weight is 358 g/mol. The maximum absolute atomic E-state index is 10.4. The van der Waals surface area contributed by atoms with Gasteiger partial charge in [0, 0.05) is 44.6 Å². The van der Waals surface area contributed by atoms with Gasteiger partial charge in [0.15, 0.2) is 11.5 Å². The molecule has 2 aromatic heterocycles. The lowest BCUT2D eigenvalue weighted by molar-refractivity contribution is -0.0835. The van der Waals surface area contributed by atoms with Crippen molar-refractivity contribution in [3.05, 3.63) is 18.0 Å². The molecule has 0 bridgehead atoms. The number of aromatic nitrogens is 4. The van der Waals surface area contributed by atoms with Crippen LogP contribution >= 0.6 is 0 Å². The number of anilines is 1. The third-order valence-corrected chi connectivity index (χ3v) is 5.69. The summed E-state index contributed by atoms with van der Waals surface area (Å²) in [4.78, 5) is 2.29. The summed E-state index contributed by atoms with van der Waals surface area (Å²) in [5.74, 6) is 3.12. The largest absolute Gasteiger partial charge is 0.386 e. The summed E-state index contributed by atoms with van der Waals surface area (Å²) in [5.41, 5.74) is 0.138. The van der Waals surface area contributed by atoms with Gasteiger partial charge in [0.25, 0.3) is 0 Å². The van der Waals surface area contributed by atoms with Gasteiger partial charge in [0.1, 0.15) is 11.4 Å². The Balaban J connectivity index is 1.14. The number of aliphatic hydroxyl groups is 1. The molecule has 1 atom stereocenters. The van der Waals surface area contributed by atoms with Crippen LogP contribution in [0.3, 0.4) is 0 Å². The summed E-state index contributed by atoms with van der Waals surface area (Å²) in [7, 11) is 0. The standard InChI is InChI=1S/C18H26N6O2/c25-18(6-1-7-26-12-18)11-19-8-13-9-23(10-13)16-5-4-15-20-21-17(14-2-3-14)24(15)22-16/h4-5,13-14,19,25H,1-3,6-12H2. The Hall–Kier alpha value is -1.77. The fraction of sp³-hybridized carbons (Fsp3) is 0.722. The van der Waals surface area contributed by atoms with Gasteiger partial charge in [-0.05, 0) is 37.8 Å². The maximum Gasteiger partial charge on any atom is 0.178 e. The fourth-order valence-corrected chi connectivity index (χ4v) is 3.93. The van der Waals surface area contributed by atoms with Crippen LogP contribution in [0.2, 0.25) is 0 Å². The normalized spacial score (nSPS) is 27.0. The van der Waals surface area contributed by atoms with Gasteiger partial charge in [-0.1, -0.05) is 0 Å². The molecule has 2 saturated heterocycles. The van der Waals surface area contributed by atoms with Crippen LogP contribution in [0, 0.1) is 5.92 Å². The van der Waals surface area contributed by atoms with E-state index in [2.05, 4.69) is 20.4 Å². The second-order valence-corrected chi connectivity index (χ2v) is 8.08. The molecule has 26 heavy (non-hydrogen) atoms. The average Bonchev–Trinajstić information content (AvgIpc) is 3.37. The second-order valence-electron chi connectivity index (χ2n) is 8.08. The first-order valence-electron chi connectivity index (χ1n) is 9.68. The van der Waals surface area contributed by atoms with Crippen LogP contribution < -0.4 is 10.2 Å². The van der Waals surface area contributed by atoms with E-state index in [1.807, 2.05) is 16.6 Å². The summed E-state index contributed by atoms with van der Waals surface area (Å²) in [5, 5.41) is 27.1. The number of nitrogens with one attached hydrogen (secondary N) is 1. The summed E-state index contributed by atoms with van der Waals surface area (Å²) >= 11 is 0. The molecule has 4 heterocycles. The highest BCUT2D eigenvalue weighted by atomic mass is 16.5. The second kappa shape index (κ2) is 6.44. The fourth-order valence-electron chi connectivity index (χ4n) is 3.93. The van der Waals surface area contributed by atoms with Gasteiger partial charge in [-0.3, -0.25) is 0 Å². The highest BCUT2D eigenvalue weighted by molar-refractivity contribution is 5.47. The summed E-state index contributed by atoms with van der Waals surface area (Å²) < 4.78 is 7.31. The number of fused-ring (bicyclic) bond motifs is 1. The molecule has 1 aliphatic carbocycles. The van der Waals surface area contributed by atoms with Crippen molar-refractivity contribution in [2.45, 2.75) is 37.2 Å². The molecule has 0 amide bonds. The zero-order chi connectivity index (χ0) is 17.6.